The lowest BCUT2D eigenvalue weighted by Crippen LogP contribution is -2.50. The van der Waals surface area contributed by atoms with Gasteiger partial charge < -0.3 is 20.6 Å². The monoisotopic (exact) mass is 748 g/mol. The number of aliphatic hydroxyl groups excluding tert-OH is 3. The van der Waals surface area contributed by atoms with Crippen LogP contribution in [-0.4, -0.2) is 46.1 Å². The lowest BCUT2D eigenvalue weighted by molar-refractivity contribution is -0.124. The molecular weight excluding hydrogens is 655 g/mol. The minimum Gasteiger partial charge on any atom is -0.394 e. The van der Waals surface area contributed by atoms with E-state index in [2.05, 4.69) is 43.5 Å². The molecule has 4 N–H and O–H groups in total. The molecule has 314 valence electrons. The lowest BCUT2D eigenvalue weighted by Gasteiger charge is -2.26. The second kappa shape index (κ2) is 43.6. The Balaban J connectivity index is 3.65. The van der Waals surface area contributed by atoms with E-state index in [0.29, 0.717) is 12.8 Å². The van der Waals surface area contributed by atoms with Crippen LogP contribution in [0.4, 0.5) is 0 Å². The van der Waals surface area contributed by atoms with Crippen molar-refractivity contribution < 1.29 is 20.1 Å². The van der Waals surface area contributed by atoms with Gasteiger partial charge in [-0.05, 0) is 51.4 Å². The van der Waals surface area contributed by atoms with Crippen molar-refractivity contribution >= 4 is 5.91 Å². The SMILES string of the molecule is CCCCCCCCCCCCCCCC/C=C/CC/C=C/CCCC(O)C(O)C(CO)NC(=O)CCCCCCCCCCCCCCCCCC. The molecule has 0 radical (unpaired) electrons. The number of aliphatic hydroxyl groups is 3. The molecule has 0 aliphatic heterocycles. The second-order valence-electron chi connectivity index (χ2n) is 16.3. The van der Waals surface area contributed by atoms with Crippen molar-refractivity contribution in [3.63, 3.8) is 0 Å². The number of hydrogen-bond acceptors (Lipinski definition) is 4. The van der Waals surface area contributed by atoms with Gasteiger partial charge in [-0.15, -0.1) is 0 Å². The largest absolute Gasteiger partial charge is 0.394 e. The van der Waals surface area contributed by atoms with Crippen molar-refractivity contribution in [1.82, 2.24) is 5.32 Å². The number of nitrogens with one attached hydrogen (secondary N) is 1. The topological polar surface area (TPSA) is 89.8 Å². The fraction of sp³-hybridized carbons (Fsp3) is 0.896. The molecule has 5 nitrogen and oxygen atoms in total. The summed E-state index contributed by atoms with van der Waals surface area (Å²) >= 11 is 0. The van der Waals surface area contributed by atoms with E-state index in [9.17, 15) is 20.1 Å². The first-order chi connectivity index (χ1) is 26.1. The van der Waals surface area contributed by atoms with E-state index in [-0.39, 0.29) is 12.5 Å². The third kappa shape index (κ3) is 38.9. The number of rotatable bonds is 43. The van der Waals surface area contributed by atoms with Gasteiger partial charge in [-0.25, -0.2) is 0 Å². The highest BCUT2D eigenvalue weighted by atomic mass is 16.3. The Labute approximate surface area is 331 Å². The molecule has 3 atom stereocenters. The molecule has 0 fully saturated rings. The third-order valence-electron chi connectivity index (χ3n) is 11.0. The predicted molar refractivity (Wildman–Crippen MR) is 231 cm³/mol. The van der Waals surface area contributed by atoms with Crippen LogP contribution in [0.25, 0.3) is 0 Å². The molecule has 1 amide bonds. The van der Waals surface area contributed by atoms with Gasteiger partial charge in [0.25, 0.3) is 0 Å². The van der Waals surface area contributed by atoms with Gasteiger partial charge in [-0.2, -0.15) is 0 Å². The zero-order chi connectivity index (χ0) is 38.7. The van der Waals surface area contributed by atoms with Crippen LogP contribution < -0.4 is 5.32 Å². The third-order valence-corrected chi connectivity index (χ3v) is 11.0. The Hall–Kier alpha value is -1.17. The fourth-order valence-electron chi connectivity index (χ4n) is 7.36. The summed E-state index contributed by atoms with van der Waals surface area (Å²) in [5, 5.41) is 33.6. The molecule has 0 spiro atoms. The maximum atomic E-state index is 12.4. The molecule has 3 unspecified atom stereocenters. The molecular formula is C48H93NO4. The molecule has 0 heterocycles. The Morgan fingerprint density at radius 1 is 0.453 bits per heavy atom. The van der Waals surface area contributed by atoms with Gasteiger partial charge in [-0.1, -0.05) is 218 Å². The van der Waals surface area contributed by atoms with Crippen LogP contribution in [-0.2, 0) is 4.79 Å². The number of carbonyl (C=O) groups is 1. The maximum absolute atomic E-state index is 12.4. The fourth-order valence-corrected chi connectivity index (χ4v) is 7.36. The molecule has 0 aromatic heterocycles. The van der Waals surface area contributed by atoms with Gasteiger partial charge >= 0.3 is 0 Å². The maximum Gasteiger partial charge on any atom is 0.220 e. The summed E-state index contributed by atoms with van der Waals surface area (Å²) in [5.74, 6) is -0.155. The van der Waals surface area contributed by atoms with Crippen LogP contribution in [0.5, 0.6) is 0 Å². The number of amides is 1. The smallest absolute Gasteiger partial charge is 0.220 e. The minimum atomic E-state index is -1.16. The second-order valence-corrected chi connectivity index (χ2v) is 16.3. The average molecular weight is 748 g/mol. The summed E-state index contributed by atoms with van der Waals surface area (Å²) in [6.45, 7) is 4.18. The number of allylic oxidation sites excluding steroid dienone is 4. The van der Waals surface area contributed by atoms with Crippen LogP contribution in [0.1, 0.15) is 251 Å². The summed E-state index contributed by atoms with van der Waals surface area (Å²) < 4.78 is 0. The number of carbonyl (C=O) groups excluding carboxylic acids is 1. The van der Waals surface area contributed by atoms with Gasteiger partial charge in [0.2, 0.25) is 5.91 Å². The van der Waals surface area contributed by atoms with E-state index in [1.54, 1.807) is 0 Å². The average Bonchev–Trinajstić information content (AvgIpc) is 3.16. The van der Waals surface area contributed by atoms with Gasteiger partial charge in [0, 0.05) is 6.42 Å². The highest BCUT2D eigenvalue weighted by Crippen LogP contribution is 2.16. The van der Waals surface area contributed by atoms with Crippen LogP contribution in [0.15, 0.2) is 24.3 Å². The zero-order valence-electron chi connectivity index (χ0n) is 35.7. The lowest BCUT2D eigenvalue weighted by atomic mass is 10.0. The molecule has 0 bridgehead atoms. The standard InChI is InChI=1S/C48H93NO4/c1-3-5-7-9-11-13-15-17-19-21-22-23-24-25-26-27-28-30-32-34-36-38-40-42-46(51)48(53)45(44-50)49-47(52)43-41-39-37-35-33-31-29-20-18-16-14-12-10-8-6-4-2/h27-28,34,36,45-46,48,50-51,53H,3-26,29-33,35,37-44H2,1-2H3,(H,49,52)/b28-27+,36-34+. The molecule has 0 aliphatic rings. The van der Waals surface area contributed by atoms with Crippen LogP contribution in [0.2, 0.25) is 0 Å². The van der Waals surface area contributed by atoms with E-state index in [1.165, 1.54) is 180 Å². The van der Waals surface area contributed by atoms with E-state index >= 15 is 0 Å². The first kappa shape index (κ1) is 51.8. The van der Waals surface area contributed by atoms with E-state index in [4.69, 9.17) is 0 Å². The van der Waals surface area contributed by atoms with Crippen molar-refractivity contribution in [3.05, 3.63) is 24.3 Å². The van der Waals surface area contributed by atoms with Gasteiger partial charge in [0.15, 0.2) is 0 Å². The van der Waals surface area contributed by atoms with Gasteiger partial charge in [0.05, 0.1) is 18.8 Å². The zero-order valence-corrected chi connectivity index (χ0v) is 35.7. The number of hydrogen-bond donors (Lipinski definition) is 4. The first-order valence-electron chi connectivity index (χ1n) is 23.6. The summed E-state index contributed by atoms with van der Waals surface area (Å²) in [6.07, 6.45) is 53.0. The quantitative estimate of drug-likeness (QED) is 0.0369. The number of unbranched alkanes of at least 4 members (excludes halogenated alkanes) is 31. The van der Waals surface area contributed by atoms with Crippen LogP contribution in [0.3, 0.4) is 0 Å². The van der Waals surface area contributed by atoms with E-state index < -0.39 is 18.2 Å². The summed E-state index contributed by atoms with van der Waals surface area (Å²) in [4.78, 5) is 12.4. The molecule has 0 aromatic rings. The first-order valence-corrected chi connectivity index (χ1v) is 23.6. The highest BCUT2D eigenvalue weighted by Gasteiger charge is 2.26. The van der Waals surface area contributed by atoms with Gasteiger partial charge in [-0.3, -0.25) is 4.79 Å². The molecule has 53 heavy (non-hydrogen) atoms. The Morgan fingerprint density at radius 2 is 0.774 bits per heavy atom. The van der Waals surface area contributed by atoms with Crippen molar-refractivity contribution in [2.75, 3.05) is 6.61 Å². The van der Waals surface area contributed by atoms with Crippen molar-refractivity contribution in [2.45, 2.75) is 270 Å². The van der Waals surface area contributed by atoms with E-state index in [0.717, 1.165) is 44.9 Å². The van der Waals surface area contributed by atoms with Gasteiger partial charge in [0.1, 0.15) is 6.10 Å². The summed E-state index contributed by atoms with van der Waals surface area (Å²) in [5.41, 5.74) is 0. The highest BCUT2D eigenvalue weighted by molar-refractivity contribution is 5.76. The van der Waals surface area contributed by atoms with Crippen LogP contribution in [0, 0.1) is 0 Å². The molecule has 0 aromatic carbocycles. The molecule has 0 saturated heterocycles. The summed E-state index contributed by atoms with van der Waals surface area (Å²) in [6, 6.07) is -0.828. The Bertz CT molecular complexity index is 784. The Kier molecular flexibility index (Phi) is 42.6. The molecule has 0 saturated carbocycles. The van der Waals surface area contributed by atoms with Crippen LogP contribution >= 0.6 is 0 Å². The molecule has 0 aliphatic carbocycles. The van der Waals surface area contributed by atoms with Crippen molar-refractivity contribution in [1.29, 1.82) is 0 Å². The summed E-state index contributed by atoms with van der Waals surface area (Å²) in [7, 11) is 0. The van der Waals surface area contributed by atoms with E-state index in [1.807, 2.05) is 0 Å². The Morgan fingerprint density at radius 3 is 1.15 bits per heavy atom. The molecule has 5 heteroatoms. The van der Waals surface area contributed by atoms with Crippen molar-refractivity contribution in [2.24, 2.45) is 0 Å². The van der Waals surface area contributed by atoms with Crippen molar-refractivity contribution in [3.8, 4) is 0 Å². The normalized spacial score (nSPS) is 13.7. The minimum absolute atomic E-state index is 0.155. The molecule has 0 rings (SSSR count). The predicted octanol–water partition coefficient (Wildman–Crippen LogP) is 13.8.